The van der Waals surface area contributed by atoms with Gasteiger partial charge < -0.3 is 5.32 Å². The highest BCUT2D eigenvalue weighted by molar-refractivity contribution is 7.84. The van der Waals surface area contributed by atoms with Gasteiger partial charge in [-0.15, -0.1) is 10.2 Å². The summed E-state index contributed by atoms with van der Waals surface area (Å²) in [6.07, 6.45) is 2.43. The Morgan fingerprint density at radius 1 is 1.40 bits per heavy atom. The van der Waals surface area contributed by atoms with Gasteiger partial charge in [-0.1, -0.05) is 11.6 Å². The molecule has 1 rings (SSSR count). The molecule has 8 heteroatoms. The molecule has 5 nitrogen and oxygen atoms in total. The fourth-order valence-electron chi connectivity index (χ4n) is 0.888. The standard InChI is InChI=1S/C7H10Cl2N4OS/c1-15(14)4-2-3-10-6-5(8)12-13-7(9)11-6/h2-4H2,1H3,(H,10,11,13). The third-order valence-corrected chi connectivity index (χ3v) is 2.80. The number of halogens is 2. The van der Waals surface area contributed by atoms with Crippen molar-refractivity contribution < 1.29 is 4.21 Å². The van der Waals surface area contributed by atoms with Gasteiger partial charge in [0, 0.05) is 29.4 Å². The molecule has 1 aromatic heterocycles. The molecular weight excluding hydrogens is 259 g/mol. The van der Waals surface area contributed by atoms with Gasteiger partial charge in [-0.2, -0.15) is 4.98 Å². The van der Waals surface area contributed by atoms with Gasteiger partial charge in [-0.3, -0.25) is 4.21 Å². The summed E-state index contributed by atoms with van der Waals surface area (Å²) in [6.45, 7) is 0.619. The van der Waals surface area contributed by atoms with Crippen LogP contribution in [0, 0.1) is 0 Å². The summed E-state index contributed by atoms with van der Waals surface area (Å²) >= 11 is 11.3. The topological polar surface area (TPSA) is 67.8 Å². The predicted molar refractivity (Wildman–Crippen MR) is 61.9 cm³/mol. The maximum atomic E-state index is 10.8. The van der Waals surface area contributed by atoms with Crippen LogP contribution in [0.5, 0.6) is 0 Å². The summed E-state index contributed by atoms with van der Waals surface area (Å²) in [6, 6.07) is 0. The molecule has 84 valence electrons. The largest absolute Gasteiger partial charge is 0.367 e. The van der Waals surface area contributed by atoms with Gasteiger partial charge in [-0.25, -0.2) is 0 Å². The Kier molecular flexibility index (Phi) is 5.21. The van der Waals surface area contributed by atoms with E-state index in [4.69, 9.17) is 23.2 Å². The maximum absolute atomic E-state index is 10.8. The summed E-state index contributed by atoms with van der Waals surface area (Å²) < 4.78 is 10.8. The van der Waals surface area contributed by atoms with E-state index in [9.17, 15) is 4.21 Å². The first-order valence-electron chi connectivity index (χ1n) is 4.19. The monoisotopic (exact) mass is 268 g/mol. The van der Waals surface area contributed by atoms with E-state index in [0.717, 1.165) is 6.42 Å². The van der Waals surface area contributed by atoms with E-state index >= 15 is 0 Å². The summed E-state index contributed by atoms with van der Waals surface area (Å²) in [5.74, 6) is 1.04. The zero-order chi connectivity index (χ0) is 11.3. The second-order valence-corrected chi connectivity index (χ2v) is 5.03. The van der Waals surface area contributed by atoms with Gasteiger partial charge in [0.15, 0.2) is 11.0 Å². The number of aromatic nitrogens is 3. The molecule has 0 amide bonds. The fourth-order valence-corrected chi connectivity index (χ4v) is 1.71. The lowest BCUT2D eigenvalue weighted by Crippen LogP contribution is -2.08. The Hall–Kier alpha value is -0.460. The Morgan fingerprint density at radius 2 is 2.13 bits per heavy atom. The van der Waals surface area contributed by atoms with Gasteiger partial charge >= 0.3 is 0 Å². The van der Waals surface area contributed by atoms with E-state index in [-0.39, 0.29) is 10.4 Å². The van der Waals surface area contributed by atoms with Crippen LogP contribution in [0.2, 0.25) is 10.4 Å². The van der Waals surface area contributed by atoms with Crippen LogP contribution in [0.1, 0.15) is 6.42 Å². The maximum Gasteiger partial charge on any atom is 0.245 e. The lowest BCUT2D eigenvalue weighted by molar-refractivity contribution is 0.685. The van der Waals surface area contributed by atoms with Crippen molar-refractivity contribution in [2.45, 2.75) is 6.42 Å². The number of nitrogens with one attached hydrogen (secondary N) is 1. The minimum absolute atomic E-state index is 0.0426. The molecule has 0 aliphatic heterocycles. The Labute approximate surface area is 100 Å². The highest BCUT2D eigenvalue weighted by Gasteiger charge is 2.04. The zero-order valence-electron chi connectivity index (χ0n) is 8.04. The predicted octanol–water partition coefficient (Wildman–Crippen LogP) is 1.36. The highest BCUT2D eigenvalue weighted by Crippen LogP contribution is 2.16. The average Bonchev–Trinajstić information content (AvgIpc) is 2.17. The van der Waals surface area contributed by atoms with Crippen LogP contribution in [-0.2, 0) is 10.8 Å². The Bertz CT molecular complexity index is 363. The molecule has 1 unspecified atom stereocenters. The number of nitrogens with zero attached hydrogens (tertiary/aromatic N) is 3. The van der Waals surface area contributed by atoms with Crippen molar-refractivity contribution in [2.24, 2.45) is 0 Å². The van der Waals surface area contributed by atoms with E-state index < -0.39 is 10.8 Å². The van der Waals surface area contributed by atoms with E-state index in [1.54, 1.807) is 6.26 Å². The molecule has 0 radical (unpaired) electrons. The van der Waals surface area contributed by atoms with Gasteiger partial charge in [0.2, 0.25) is 5.28 Å². The molecule has 1 heterocycles. The quantitative estimate of drug-likeness (QED) is 0.817. The summed E-state index contributed by atoms with van der Waals surface area (Å²) in [4.78, 5) is 3.86. The van der Waals surface area contributed by atoms with Crippen molar-refractivity contribution in [3.63, 3.8) is 0 Å². The molecule has 1 aromatic rings. The molecule has 0 aliphatic carbocycles. The summed E-state index contributed by atoms with van der Waals surface area (Å²) in [5.41, 5.74) is 0. The highest BCUT2D eigenvalue weighted by atomic mass is 35.5. The van der Waals surface area contributed by atoms with Gasteiger partial charge in [-0.05, 0) is 18.0 Å². The summed E-state index contributed by atoms with van der Waals surface area (Å²) in [7, 11) is -0.781. The molecule has 1 N–H and O–H groups in total. The lowest BCUT2D eigenvalue weighted by atomic mass is 10.5. The van der Waals surface area contributed by atoms with Crippen LogP contribution in [0.3, 0.4) is 0 Å². The van der Waals surface area contributed by atoms with Crippen LogP contribution in [0.25, 0.3) is 0 Å². The zero-order valence-corrected chi connectivity index (χ0v) is 10.4. The molecule has 0 bridgehead atoms. The van der Waals surface area contributed by atoms with E-state index in [1.165, 1.54) is 0 Å². The minimum Gasteiger partial charge on any atom is -0.367 e. The number of hydrogen-bond acceptors (Lipinski definition) is 5. The Balaban J connectivity index is 2.43. The normalized spacial score (nSPS) is 12.5. The van der Waals surface area contributed by atoms with Gasteiger partial charge in [0.05, 0.1) is 0 Å². The van der Waals surface area contributed by atoms with Gasteiger partial charge in [0.1, 0.15) is 0 Å². The first-order chi connectivity index (χ1) is 7.09. The fraction of sp³-hybridized carbons (Fsp3) is 0.571. The molecule has 15 heavy (non-hydrogen) atoms. The first-order valence-corrected chi connectivity index (χ1v) is 6.67. The second-order valence-electron chi connectivity index (χ2n) is 2.78. The van der Waals surface area contributed by atoms with E-state index in [0.29, 0.717) is 18.1 Å². The molecular formula is C7H10Cl2N4OS. The SMILES string of the molecule is CS(=O)CCCNc1nc(Cl)nnc1Cl. The molecule has 0 aromatic carbocycles. The third kappa shape index (κ3) is 4.72. The lowest BCUT2D eigenvalue weighted by Gasteiger charge is -2.05. The van der Waals surface area contributed by atoms with Crippen LogP contribution in [0.4, 0.5) is 5.82 Å². The van der Waals surface area contributed by atoms with Crippen LogP contribution in [0.15, 0.2) is 0 Å². The molecule has 0 fully saturated rings. The van der Waals surface area contributed by atoms with Crippen molar-refractivity contribution in [3.8, 4) is 0 Å². The summed E-state index contributed by atoms with van der Waals surface area (Å²) in [5, 5.41) is 10.2. The molecule has 0 aliphatic rings. The van der Waals surface area contributed by atoms with Crippen LogP contribution >= 0.6 is 23.2 Å². The molecule has 0 spiro atoms. The molecule has 0 saturated heterocycles. The number of hydrogen-bond donors (Lipinski definition) is 1. The van der Waals surface area contributed by atoms with E-state index in [2.05, 4.69) is 20.5 Å². The van der Waals surface area contributed by atoms with Crippen molar-refractivity contribution in [2.75, 3.05) is 23.9 Å². The van der Waals surface area contributed by atoms with Crippen molar-refractivity contribution in [3.05, 3.63) is 10.4 Å². The third-order valence-electron chi connectivity index (χ3n) is 1.52. The molecule has 1 atom stereocenters. The number of rotatable bonds is 5. The van der Waals surface area contributed by atoms with Crippen LogP contribution in [-0.4, -0.2) is 37.9 Å². The number of anilines is 1. The van der Waals surface area contributed by atoms with Crippen molar-refractivity contribution in [1.82, 2.24) is 15.2 Å². The smallest absolute Gasteiger partial charge is 0.245 e. The Morgan fingerprint density at radius 3 is 2.80 bits per heavy atom. The van der Waals surface area contributed by atoms with Gasteiger partial charge in [0.25, 0.3) is 0 Å². The van der Waals surface area contributed by atoms with Crippen molar-refractivity contribution in [1.29, 1.82) is 0 Å². The first kappa shape index (κ1) is 12.6. The van der Waals surface area contributed by atoms with E-state index in [1.807, 2.05) is 0 Å². The molecule has 0 saturated carbocycles. The van der Waals surface area contributed by atoms with Crippen molar-refractivity contribution >= 4 is 39.8 Å². The average molecular weight is 269 g/mol. The second kappa shape index (κ2) is 6.19. The minimum atomic E-state index is -0.781. The van der Waals surface area contributed by atoms with Crippen LogP contribution < -0.4 is 5.32 Å².